The Morgan fingerprint density at radius 2 is 1.97 bits per heavy atom. The van der Waals surface area contributed by atoms with Gasteiger partial charge in [-0.1, -0.05) is 24.6 Å². The second-order valence-corrected chi connectivity index (χ2v) is 8.09. The average molecular weight is 438 g/mol. The molecule has 4 rings (SSSR count). The highest BCUT2D eigenvalue weighted by Gasteiger charge is 2.36. The van der Waals surface area contributed by atoms with Gasteiger partial charge in [0.25, 0.3) is 0 Å². The van der Waals surface area contributed by atoms with Crippen LogP contribution in [-0.2, 0) is 4.79 Å². The fraction of sp³-hybridized carbons (Fsp3) is 0.292. The highest BCUT2D eigenvalue weighted by atomic mass is 35.5. The van der Waals surface area contributed by atoms with E-state index in [9.17, 15) is 9.59 Å². The molecule has 0 saturated carbocycles. The summed E-state index contributed by atoms with van der Waals surface area (Å²) in [6.45, 7) is 6.42. The van der Waals surface area contributed by atoms with Crippen molar-refractivity contribution in [2.75, 3.05) is 11.9 Å². The summed E-state index contributed by atoms with van der Waals surface area (Å²) >= 11 is 6.29. The lowest BCUT2D eigenvalue weighted by Crippen LogP contribution is -2.28. The third-order valence-corrected chi connectivity index (χ3v) is 5.91. The van der Waals surface area contributed by atoms with Crippen LogP contribution < -0.4 is 10.1 Å². The third-order valence-electron chi connectivity index (χ3n) is 5.50. The standard InChI is InChI=1S/C24H24ClN3O3/c1-4-12-31-17-10-8-16(9-11-17)23(30)18-13-21(29)26-24-22(18)15(3)27-28(24)20-7-5-6-19(25)14(20)2/h5-11,18H,4,12-13H2,1-3H3,(H,26,29)/t18-/m1/s1. The summed E-state index contributed by atoms with van der Waals surface area (Å²) in [6.07, 6.45) is 0.997. The third kappa shape index (κ3) is 3.95. The van der Waals surface area contributed by atoms with Gasteiger partial charge in [0.15, 0.2) is 5.78 Å². The largest absolute Gasteiger partial charge is 0.494 e. The molecule has 1 atom stereocenters. The van der Waals surface area contributed by atoms with Gasteiger partial charge in [-0.15, -0.1) is 0 Å². The Hall–Kier alpha value is -3.12. The van der Waals surface area contributed by atoms with Crippen molar-refractivity contribution in [2.45, 2.75) is 39.5 Å². The summed E-state index contributed by atoms with van der Waals surface area (Å²) in [5.41, 5.74) is 3.61. The van der Waals surface area contributed by atoms with Gasteiger partial charge in [-0.25, -0.2) is 4.68 Å². The number of aromatic nitrogens is 2. The smallest absolute Gasteiger partial charge is 0.226 e. The zero-order valence-electron chi connectivity index (χ0n) is 17.7. The van der Waals surface area contributed by atoms with Crippen molar-refractivity contribution in [1.82, 2.24) is 9.78 Å². The molecule has 0 bridgehead atoms. The van der Waals surface area contributed by atoms with E-state index in [0.29, 0.717) is 28.7 Å². The van der Waals surface area contributed by atoms with Crippen LogP contribution in [0.5, 0.6) is 5.75 Å². The lowest BCUT2D eigenvalue weighted by molar-refractivity contribution is -0.116. The molecule has 160 valence electrons. The molecule has 1 aliphatic rings. The van der Waals surface area contributed by atoms with Crippen LogP contribution in [0.2, 0.25) is 5.02 Å². The van der Waals surface area contributed by atoms with Crippen molar-refractivity contribution in [3.8, 4) is 11.4 Å². The zero-order valence-corrected chi connectivity index (χ0v) is 18.5. The van der Waals surface area contributed by atoms with Crippen molar-refractivity contribution >= 4 is 29.1 Å². The molecule has 1 N–H and O–H groups in total. The number of aryl methyl sites for hydroxylation is 1. The van der Waals surface area contributed by atoms with E-state index in [0.717, 1.165) is 29.0 Å². The number of fused-ring (bicyclic) bond motifs is 1. The summed E-state index contributed by atoms with van der Waals surface area (Å²) in [7, 11) is 0. The van der Waals surface area contributed by atoms with Gasteiger partial charge in [0, 0.05) is 22.6 Å². The van der Waals surface area contributed by atoms with Gasteiger partial charge in [-0.2, -0.15) is 5.10 Å². The predicted molar refractivity (Wildman–Crippen MR) is 121 cm³/mol. The minimum atomic E-state index is -0.598. The number of nitrogens with one attached hydrogen (secondary N) is 1. The highest BCUT2D eigenvalue weighted by molar-refractivity contribution is 6.31. The number of hydrogen-bond donors (Lipinski definition) is 1. The fourth-order valence-electron chi connectivity index (χ4n) is 3.91. The maximum Gasteiger partial charge on any atom is 0.226 e. The molecule has 31 heavy (non-hydrogen) atoms. The SMILES string of the molecule is CCCOc1ccc(C(=O)[C@@H]2CC(=O)Nc3c2c(C)nn3-c2cccc(Cl)c2C)cc1. The minimum Gasteiger partial charge on any atom is -0.494 e. The monoisotopic (exact) mass is 437 g/mol. The Kier molecular flexibility index (Phi) is 5.83. The Morgan fingerprint density at radius 1 is 1.23 bits per heavy atom. The molecule has 0 saturated heterocycles. The van der Waals surface area contributed by atoms with Gasteiger partial charge in [0.05, 0.1) is 23.9 Å². The first kappa shape index (κ1) is 21.1. The molecule has 2 heterocycles. The summed E-state index contributed by atoms with van der Waals surface area (Å²) < 4.78 is 7.27. The maximum absolute atomic E-state index is 13.4. The van der Waals surface area contributed by atoms with Gasteiger partial charge >= 0.3 is 0 Å². The van der Waals surface area contributed by atoms with Crippen LogP contribution in [0, 0.1) is 13.8 Å². The van der Waals surface area contributed by atoms with Crippen LogP contribution in [-0.4, -0.2) is 28.1 Å². The maximum atomic E-state index is 13.4. The van der Waals surface area contributed by atoms with E-state index in [-0.39, 0.29) is 18.1 Å². The topological polar surface area (TPSA) is 73.2 Å². The molecule has 1 aromatic heterocycles. The van der Waals surface area contributed by atoms with Gasteiger partial charge in [-0.05, 0) is 62.2 Å². The zero-order chi connectivity index (χ0) is 22.1. The van der Waals surface area contributed by atoms with Crippen molar-refractivity contribution < 1.29 is 14.3 Å². The number of ether oxygens (including phenoxy) is 1. The van der Waals surface area contributed by atoms with Gasteiger partial charge in [-0.3, -0.25) is 9.59 Å². The first-order chi connectivity index (χ1) is 14.9. The van der Waals surface area contributed by atoms with Gasteiger partial charge < -0.3 is 10.1 Å². The van der Waals surface area contributed by atoms with E-state index in [1.165, 1.54) is 0 Å². The average Bonchev–Trinajstić information content (AvgIpc) is 3.09. The first-order valence-electron chi connectivity index (χ1n) is 10.3. The van der Waals surface area contributed by atoms with Crippen molar-refractivity contribution in [3.05, 3.63) is 69.9 Å². The Morgan fingerprint density at radius 3 is 2.68 bits per heavy atom. The molecule has 2 aromatic carbocycles. The quantitative estimate of drug-likeness (QED) is 0.535. The molecule has 0 spiro atoms. The van der Waals surface area contributed by atoms with E-state index in [4.69, 9.17) is 16.3 Å². The molecule has 1 aliphatic heterocycles. The number of carbonyl (C=O) groups is 2. The number of carbonyl (C=O) groups excluding carboxylic acids is 2. The number of ketones is 1. The van der Waals surface area contributed by atoms with Crippen molar-refractivity contribution in [2.24, 2.45) is 0 Å². The van der Waals surface area contributed by atoms with Crippen LogP contribution in [0.15, 0.2) is 42.5 Å². The molecule has 6 nitrogen and oxygen atoms in total. The van der Waals surface area contributed by atoms with E-state index in [1.807, 2.05) is 39.0 Å². The highest BCUT2D eigenvalue weighted by Crippen LogP contribution is 2.39. The molecule has 0 unspecified atom stereocenters. The summed E-state index contributed by atoms with van der Waals surface area (Å²) in [4.78, 5) is 25.9. The predicted octanol–water partition coefficient (Wildman–Crippen LogP) is 5.24. The fourth-order valence-corrected chi connectivity index (χ4v) is 4.08. The van der Waals surface area contributed by atoms with Crippen molar-refractivity contribution in [3.63, 3.8) is 0 Å². The molecule has 7 heteroatoms. The number of rotatable bonds is 6. The number of hydrogen-bond acceptors (Lipinski definition) is 4. The van der Waals surface area contributed by atoms with Gasteiger partial charge in [0.2, 0.25) is 5.91 Å². The lowest BCUT2D eigenvalue weighted by Gasteiger charge is -2.23. The molecular weight excluding hydrogens is 414 g/mol. The summed E-state index contributed by atoms with van der Waals surface area (Å²) in [5, 5.41) is 8.16. The van der Waals surface area contributed by atoms with E-state index in [2.05, 4.69) is 10.4 Å². The number of halogens is 1. The molecule has 0 fully saturated rings. The second kappa shape index (κ2) is 8.55. The van der Waals surface area contributed by atoms with E-state index in [1.54, 1.807) is 28.9 Å². The van der Waals surface area contributed by atoms with E-state index >= 15 is 0 Å². The minimum absolute atomic E-state index is 0.0843. The molecular formula is C24H24ClN3O3. The second-order valence-electron chi connectivity index (χ2n) is 7.69. The first-order valence-corrected chi connectivity index (χ1v) is 10.7. The van der Waals surface area contributed by atoms with Crippen LogP contribution in [0.1, 0.15) is 52.9 Å². The number of anilines is 1. The molecule has 0 radical (unpaired) electrons. The van der Waals surface area contributed by atoms with E-state index < -0.39 is 5.92 Å². The number of nitrogens with zero attached hydrogens (tertiary/aromatic N) is 2. The normalized spacial score (nSPS) is 15.4. The van der Waals surface area contributed by atoms with Crippen LogP contribution in [0.3, 0.4) is 0 Å². The molecule has 1 amide bonds. The Labute approximate surface area is 186 Å². The summed E-state index contributed by atoms with van der Waals surface area (Å²) in [5.74, 6) is 0.332. The lowest BCUT2D eigenvalue weighted by atomic mass is 9.85. The molecule has 0 aliphatic carbocycles. The van der Waals surface area contributed by atoms with Crippen LogP contribution >= 0.6 is 11.6 Å². The molecule has 3 aromatic rings. The van der Waals surface area contributed by atoms with Crippen LogP contribution in [0.25, 0.3) is 5.69 Å². The number of benzene rings is 2. The summed E-state index contributed by atoms with van der Waals surface area (Å²) in [6, 6.07) is 12.6. The number of Topliss-reactive ketones (excluding diaryl/α,β-unsaturated/α-hetero) is 1. The number of amides is 1. The van der Waals surface area contributed by atoms with Crippen LogP contribution in [0.4, 0.5) is 5.82 Å². The Balaban J connectivity index is 1.73. The Bertz CT molecular complexity index is 1150. The van der Waals surface area contributed by atoms with Gasteiger partial charge in [0.1, 0.15) is 11.6 Å². The van der Waals surface area contributed by atoms with Crippen molar-refractivity contribution in [1.29, 1.82) is 0 Å².